The minimum absolute atomic E-state index is 0.00319. The first-order chi connectivity index (χ1) is 9.32. The molecule has 1 aromatic rings. The Morgan fingerprint density at radius 2 is 2.15 bits per heavy atom. The molecular weight excluding hydrogens is 282 g/mol. The number of carboxylic acids is 1. The van der Waals surface area contributed by atoms with Crippen LogP contribution in [0.1, 0.15) is 16.8 Å². The molecule has 1 aromatic carbocycles. The Labute approximate surface area is 117 Å². The molecule has 1 fully saturated rings. The second kappa shape index (κ2) is 5.41. The Hall–Kier alpha value is -1.60. The van der Waals surface area contributed by atoms with Crippen molar-refractivity contribution in [2.75, 3.05) is 30.9 Å². The number of carboxylic acid groups (broad SMARTS) is 1. The second-order valence-corrected chi connectivity index (χ2v) is 7.06. The van der Waals surface area contributed by atoms with E-state index >= 15 is 0 Å². The van der Waals surface area contributed by atoms with Crippen molar-refractivity contribution in [1.29, 1.82) is 0 Å². The van der Waals surface area contributed by atoms with Crippen LogP contribution in [0.5, 0.6) is 0 Å². The smallest absolute Gasteiger partial charge is 0.337 e. The molecule has 0 bridgehead atoms. The van der Waals surface area contributed by atoms with Gasteiger partial charge < -0.3 is 15.1 Å². The third-order valence-electron chi connectivity index (χ3n) is 3.51. The van der Waals surface area contributed by atoms with E-state index in [1.807, 2.05) is 4.90 Å². The summed E-state index contributed by atoms with van der Waals surface area (Å²) in [6.07, 6.45) is 1.84. The van der Waals surface area contributed by atoms with Crippen molar-refractivity contribution in [2.24, 2.45) is 5.92 Å². The zero-order chi connectivity index (χ0) is 14.9. The highest BCUT2D eigenvalue weighted by atomic mass is 32.2. The van der Waals surface area contributed by atoms with Crippen molar-refractivity contribution in [3.8, 4) is 0 Å². The van der Waals surface area contributed by atoms with Gasteiger partial charge in [-0.15, -0.1) is 0 Å². The Bertz CT molecular complexity index is 626. The lowest BCUT2D eigenvalue weighted by Gasteiger charge is -2.21. The van der Waals surface area contributed by atoms with Gasteiger partial charge in [0.2, 0.25) is 0 Å². The van der Waals surface area contributed by atoms with E-state index in [2.05, 4.69) is 0 Å². The van der Waals surface area contributed by atoms with Crippen molar-refractivity contribution < 1.29 is 23.4 Å². The van der Waals surface area contributed by atoms with Crippen LogP contribution in [0.25, 0.3) is 0 Å². The fraction of sp³-hybridized carbons (Fsp3) is 0.462. The summed E-state index contributed by atoms with van der Waals surface area (Å²) in [6, 6.07) is 4.14. The molecule has 2 N–H and O–H groups in total. The molecule has 1 saturated heterocycles. The highest BCUT2D eigenvalue weighted by Gasteiger charge is 2.26. The van der Waals surface area contributed by atoms with Gasteiger partial charge in [0.1, 0.15) is 0 Å². The van der Waals surface area contributed by atoms with E-state index in [9.17, 15) is 18.3 Å². The van der Waals surface area contributed by atoms with Crippen molar-refractivity contribution in [3.63, 3.8) is 0 Å². The van der Waals surface area contributed by atoms with Gasteiger partial charge in [0.15, 0.2) is 9.84 Å². The fourth-order valence-corrected chi connectivity index (χ4v) is 3.04. The molecule has 6 nitrogen and oxygen atoms in total. The lowest BCUT2D eigenvalue weighted by Crippen LogP contribution is -2.23. The molecule has 1 aliphatic heterocycles. The molecule has 110 valence electrons. The molecule has 7 heteroatoms. The van der Waals surface area contributed by atoms with Crippen LogP contribution in [0.4, 0.5) is 5.69 Å². The molecule has 0 amide bonds. The lowest BCUT2D eigenvalue weighted by molar-refractivity contribution is 0.0697. The van der Waals surface area contributed by atoms with E-state index in [4.69, 9.17) is 5.11 Å². The number of hydrogen-bond donors (Lipinski definition) is 2. The Morgan fingerprint density at radius 1 is 1.45 bits per heavy atom. The molecule has 2 rings (SSSR count). The average molecular weight is 299 g/mol. The maximum atomic E-state index is 11.5. The van der Waals surface area contributed by atoms with Crippen LogP contribution in [0.15, 0.2) is 23.1 Å². The van der Waals surface area contributed by atoms with Crippen LogP contribution in [-0.2, 0) is 9.84 Å². The number of aliphatic hydroxyl groups excluding tert-OH is 1. The van der Waals surface area contributed by atoms with Crippen molar-refractivity contribution in [2.45, 2.75) is 11.3 Å². The van der Waals surface area contributed by atoms with Crippen molar-refractivity contribution >= 4 is 21.5 Å². The Balaban J connectivity index is 2.42. The van der Waals surface area contributed by atoms with Crippen LogP contribution in [0.2, 0.25) is 0 Å². The second-order valence-electron chi connectivity index (χ2n) is 5.04. The van der Waals surface area contributed by atoms with E-state index in [0.717, 1.165) is 12.7 Å². The molecule has 0 spiro atoms. The summed E-state index contributed by atoms with van der Waals surface area (Å²) in [4.78, 5) is 13.2. The van der Waals surface area contributed by atoms with E-state index in [-0.39, 0.29) is 23.0 Å². The number of nitrogens with zero attached hydrogens (tertiary/aromatic N) is 1. The fourth-order valence-electron chi connectivity index (χ4n) is 2.39. The molecule has 1 aliphatic rings. The number of aliphatic hydroxyl groups is 1. The van der Waals surface area contributed by atoms with Gasteiger partial charge in [-0.1, -0.05) is 0 Å². The molecule has 20 heavy (non-hydrogen) atoms. The number of anilines is 1. The number of sulfone groups is 1. The highest BCUT2D eigenvalue weighted by molar-refractivity contribution is 7.90. The molecular formula is C13H17NO5S. The number of carbonyl (C=O) groups is 1. The lowest BCUT2D eigenvalue weighted by atomic mass is 10.1. The number of benzene rings is 1. The standard InChI is InChI=1S/C13H17NO5S/c1-20(18,19)10-2-3-12(11(6-10)13(16)17)14-5-4-9(7-14)8-15/h2-3,6,9,15H,4-5,7-8H2,1H3,(H,16,17). The Kier molecular flexibility index (Phi) is 4.01. The van der Waals surface area contributed by atoms with Gasteiger partial charge in [0, 0.05) is 31.9 Å². The number of aromatic carboxylic acids is 1. The zero-order valence-electron chi connectivity index (χ0n) is 11.1. The maximum absolute atomic E-state index is 11.5. The highest BCUT2D eigenvalue weighted by Crippen LogP contribution is 2.29. The van der Waals surface area contributed by atoms with Gasteiger partial charge >= 0.3 is 5.97 Å². The van der Waals surface area contributed by atoms with Gasteiger partial charge in [-0.2, -0.15) is 0 Å². The Morgan fingerprint density at radius 3 is 2.65 bits per heavy atom. The summed E-state index contributed by atoms with van der Waals surface area (Å²) in [5, 5.41) is 18.4. The minimum Gasteiger partial charge on any atom is -0.478 e. The summed E-state index contributed by atoms with van der Waals surface area (Å²) in [7, 11) is -3.44. The summed E-state index contributed by atoms with van der Waals surface area (Å²) in [6.45, 7) is 1.30. The number of rotatable bonds is 4. The van der Waals surface area contributed by atoms with E-state index in [0.29, 0.717) is 18.8 Å². The van der Waals surface area contributed by atoms with E-state index in [1.54, 1.807) is 0 Å². The molecule has 1 unspecified atom stereocenters. The maximum Gasteiger partial charge on any atom is 0.337 e. The predicted octanol–water partition coefficient (Wildman–Crippen LogP) is 0.607. The van der Waals surface area contributed by atoms with E-state index in [1.165, 1.54) is 18.2 Å². The van der Waals surface area contributed by atoms with E-state index < -0.39 is 15.8 Å². The van der Waals surface area contributed by atoms with Crippen LogP contribution < -0.4 is 4.90 Å². The van der Waals surface area contributed by atoms with Crippen LogP contribution in [0, 0.1) is 5.92 Å². The summed E-state index contributed by atoms with van der Waals surface area (Å²) in [5.41, 5.74) is 0.479. The van der Waals surface area contributed by atoms with Gasteiger partial charge in [-0.05, 0) is 24.6 Å². The molecule has 1 heterocycles. The first kappa shape index (κ1) is 14.8. The molecule has 0 aromatic heterocycles. The first-order valence-electron chi connectivity index (χ1n) is 6.26. The van der Waals surface area contributed by atoms with Crippen LogP contribution in [-0.4, -0.2) is 50.6 Å². The average Bonchev–Trinajstić information content (AvgIpc) is 2.85. The van der Waals surface area contributed by atoms with Crippen molar-refractivity contribution in [3.05, 3.63) is 23.8 Å². The minimum atomic E-state index is -3.44. The quantitative estimate of drug-likeness (QED) is 0.845. The van der Waals surface area contributed by atoms with Gasteiger partial charge in [0.25, 0.3) is 0 Å². The third-order valence-corrected chi connectivity index (χ3v) is 4.62. The number of hydrogen-bond acceptors (Lipinski definition) is 5. The summed E-state index contributed by atoms with van der Waals surface area (Å²) < 4.78 is 23.0. The molecule has 1 atom stereocenters. The predicted molar refractivity (Wildman–Crippen MR) is 73.9 cm³/mol. The van der Waals surface area contributed by atoms with Gasteiger partial charge in [-0.25, -0.2) is 13.2 Å². The van der Waals surface area contributed by atoms with Gasteiger partial charge in [-0.3, -0.25) is 0 Å². The largest absolute Gasteiger partial charge is 0.478 e. The summed E-state index contributed by atoms with van der Waals surface area (Å²) in [5.74, 6) is -1.02. The topological polar surface area (TPSA) is 94.9 Å². The monoisotopic (exact) mass is 299 g/mol. The first-order valence-corrected chi connectivity index (χ1v) is 8.15. The van der Waals surface area contributed by atoms with Crippen LogP contribution >= 0.6 is 0 Å². The van der Waals surface area contributed by atoms with Crippen LogP contribution in [0.3, 0.4) is 0 Å². The van der Waals surface area contributed by atoms with Gasteiger partial charge in [0.05, 0.1) is 16.1 Å². The summed E-state index contributed by atoms with van der Waals surface area (Å²) >= 11 is 0. The molecule has 0 aliphatic carbocycles. The molecule has 0 radical (unpaired) electrons. The zero-order valence-corrected chi connectivity index (χ0v) is 11.9. The molecule has 0 saturated carbocycles. The van der Waals surface area contributed by atoms with Crippen molar-refractivity contribution in [1.82, 2.24) is 0 Å². The normalized spacial score (nSPS) is 19.3. The SMILES string of the molecule is CS(=O)(=O)c1ccc(N2CCC(CO)C2)c(C(=O)O)c1. The third kappa shape index (κ3) is 2.94.